The molecule has 0 aliphatic carbocycles. The first-order valence-corrected chi connectivity index (χ1v) is 9.80. The second-order valence-electron chi connectivity index (χ2n) is 6.65. The number of morpholine rings is 1. The van der Waals surface area contributed by atoms with Gasteiger partial charge in [-0.25, -0.2) is 4.39 Å². The second kappa shape index (κ2) is 10.4. The Morgan fingerprint density at radius 2 is 1.93 bits per heavy atom. The normalized spacial score (nSPS) is 16.6. The van der Waals surface area contributed by atoms with Crippen molar-refractivity contribution in [3.63, 3.8) is 0 Å². The van der Waals surface area contributed by atoms with Gasteiger partial charge >= 0.3 is 0 Å². The largest absolute Gasteiger partial charge is 0.379 e. The van der Waals surface area contributed by atoms with Crippen LogP contribution in [0.3, 0.4) is 0 Å². The zero-order valence-corrected chi connectivity index (χ0v) is 16.8. The second-order valence-corrected chi connectivity index (χ2v) is 7.09. The molecular formula is C21H26ClFN4O. The van der Waals surface area contributed by atoms with Crippen molar-refractivity contribution in [3.8, 4) is 0 Å². The summed E-state index contributed by atoms with van der Waals surface area (Å²) in [5.74, 6) is 0.477. The monoisotopic (exact) mass is 404 g/mol. The molecule has 0 bridgehead atoms. The van der Waals surface area contributed by atoms with Crippen molar-refractivity contribution in [2.24, 2.45) is 4.99 Å². The first kappa shape index (κ1) is 20.6. The standard InChI is InChI=1S/C21H26ClFN4O/c1-24-21(25-14-16-5-7-18(22)8-6-16)26-15-20(27-9-11-28-12-10-27)17-3-2-4-19(23)13-17/h2-8,13,20H,9-12,14-15H2,1H3,(H2,24,25,26). The number of hydrogen-bond donors (Lipinski definition) is 2. The highest BCUT2D eigenvalue weighted by Crippen LogP contribution is 2.22. The van der Waals surface area contributed by atoms with E-state index >= 15 is 0 Å². The molecule has 2 aromatic carbocycles. The van der Waals surface area contributed by atoms with Crippen LogP contribution in [-0.2, 0) is 11.3 Å². The number of benzene rings is 2. The van der Waals surface area contributed by atoms with E-state index in [4.69, 9.17) is 16.3 Å². The lowest BCUT2D eigenvalue weighted by atomic mass is 10.0. The number of hydrogen-bond acceptors (Lipinski definition) is 3. The van der Waals surface area contributed by atoms with Crippen LogP contribution in [0.4, 0.5) is 4.39 Å². The Balaban J connectivity index is 1.63. The van der Waals surface area contributed by atoms with Crippen LogP contribution in [0.5, 0.6) is 0 Å². The van der Waals surface area contributed by atoms with Gasteiger partial charge in [0.25, 0.3) is 0 Å². The molecule has 0 amide bonds. The van der Waals surface area contributed by atoms with Crippen LogP contribution in [0.2, 0.25) is 5.02 Å². The van der Waals surface area contributed by atoms with E-state index in [1.807, 2.05) is 30.3 Å². The summed E-state index contributed by atoms with van der Waals surface area (Å²) in [5.41, 5.74) is 2.06. The molecule has 0 radical (unpaired) electrons. The summed E-state index contributed by atoms with van der Waals surface area (Å²) in [4.78, 5) is 6.62. The lowest BCUT2D eigenvalue weighted by Crippen LogP contribution is -2.46. The molecule has 1 saturated heterocycles. The van der Waals surface area contributed by atoms with Gasteiger partial charge in [-0.15, -0.1) is 0 Å². The van der Waals surface area contributed by atoms with Crippen LogP contribution < -0.4 is 10.6 Å². The molecule has 5 nitrogen and oxygen atoms in total. The first-order valence-electron chi connectivity index (χ1n) is 9.42. The third-order valence-corrected chi connectivity index (χ3v) is 5.03. The average Bonchev–Trinajstić information content (AvgIpc) is 2.72. The summed E-state index contributed by atoms with van der Waals surface area (Å²) in [6.45, 7) is 4.27. The van der Waals surface area contributed by atoms with Crippen LogP contribution in [0, 0.1) is 5.82 Å². The lowest BCUT2D eigenvalue weighted by molar-refractivity contribution is 0.0169. The molecule has 2 N–H and O–H groups in total. The van der Waals surface area contributed by atoms with Crippen molar-refractivity contribution < 1.29 is 9.13 Å². The molecule has 28 heavy (non-hydrogen) atoms. The molecule has 7 heteroatoms. The van der Waals surface area contributed by atoms with Crippen LogP contribution in [0.25, 0.3) is 0 Å². The summed E-state index contributed by atoms with van der Waals surface area (Å²) in [6, 6.07) is 14.5. The quantitative estimate of drug-likeness (QED) is 0.573. The molecular weight excluding hydrogens is 379 g/mol. The maximum Gasteiger partial charge on any atom is 0.191 e. The van der Waals surface area contributed by atoms with Gasteiger partial charge in [-0.2, -0.15) is 0 Å². The average molecular weight is 405 g/mol. The molecule has 0 spiro atoms. The Kier molecular flexibility index (Phi) is 7.65. The minimum atomic E-state index is -0.221. The third kappa shape index (κ3) is 5.92. The minimum absolute atomic E-state index is 0.0358. The van der Waals surface area contributed by atoms with E-state index in [0.29, 0.717) is 32.3 Å². The van der Waals surface area contributed by atoms with Crippen molar-refractivity contribution in [1.29, 1.82) is 0 Å². The van der Waals surface area contributed by atoms with Crippen LogP contribution in [0.15, 0.2) is 53.5 Å². The van der Waals surface area contributed by atoms with Crippen LogP contribution >= 0.6 is 11.6 Å². The van der Waals surface area contributed by atoms with E-state index in [1.165, 1.54) is 6.07 Å². The van der Waals surface area contributed by atoms with E-state index < -0.39 is 0 Å². The summed E-state index contributed by atoms with van der Waals surface area (Å²) in [6.07, 6.45) is 0. The zero-order valence-electron chi connectivity index (χ0n) is 16.0. The summed E-state index contributed by atoms with van der Waals surface area (Å²) in [7, 11) is 1.74. The first-order chi connectivity index (χ1) is 13.7. The summed E-state index contributed by atoms with van der Waals surface area (Å²) in [5, 5.41) is 7.40. The van der Waals surface area contributed by atoms with Gasteiger partial charge in [0, 0.05) is 38.2 Å². The number of nitrogens with one attached hydrogen (secondary N) is 2. The van der Waals surface area contributed by atoms with Crippen LogP contribution in [0.1, 0.15) is 17.2 Å². The van der Waals surface area contributed by atoms with Gasteiger partial charge in [-0.05, 0) is 35.4 Å². The highest BCUT2D eigenvalue weighted by atomic mass is 35.5. The number of ether oxygens (including phenoxy) is 1. The molecule has 3 rings (SSSR count). The fourth-order valence-electron chi connectivity index (χ4n) is 3.26. The Morgan fingerprint density at radius 1 is 1.18 bits per heavy atom. The molecule has 1 atom stereocenters. The Bertz CT molecular complexity index is 778. The maximum absolute atomic E-state index is 13.8. The Hall–Kier alpha value is -2.15. The van der Waals surface area contributed by atoms with E-state index in [1.54, 1.807) is 19.2 Å². The number of rotatable bonds is 6. The van der Waals surface area contributed by atoms with E-state index in [0.717, 1.165) is 29.2 Å². The smallest absolute Gasteiger partial charge is 0.191 e. The molecule has 1 fully saturated rings. The summed E-state index contributed by atoms with van der Waals surface area (Å²) >= 11 is 5.93. The van der Waals surface area contributed by atoms with Crippen molar-refractivity contribution in [1.82, 2.24) is 15.5 Å². The number of halogens is 2. The van der Waals surface area contributed by atoms with E-state index in [9.17, 15) is 4.39 Å². The lowest BCUT2D eigenvalue weighted by Gasteiger charge is -2.35. The van der Waals surface area contributed by atoms with Gasteiger partial charge in [-0.1, -0.05) is 35.9 Å². The molecule has 2 aromatic rings. The minimum Gasteiger partial charge on any atom is -0.379 e. The SMILES string of the molecule is CN=C(NCc1ccc(Cl)cc1)NCC(c1cccc(F)c1)N1CCOCC1. The van der Waals surface area contributed by atoms with Crippen molar-refractivity contribution in [3.05, 3.63) is 70.5 Å². The van der Waals surface area contributed by atoms with E-state index in [2.05, 4.69) is 20.5 Å². The highest BCUT2D eigenvalue weighted by Gasteiger charge is 2.23. The molecule has 150 valence electrons. The molecule has 1 aliphatic heterocycles. The molecule has 1 heterocycles. The maximum atomic E-state index is 13.8. The van der Waals surface area contributed by atoms with Crippen molar-refractivity contribution in [2.75, 3.05) is 39.9 Å². The summed E-state index contributed by atoms with van der Waals surface area (Å²) < 4.78 is 19.3. The van der Waals surface area contributed by atoms with E-state index in [-0.39, 0.29) is 11.9 Å². The van der Waals surface area contributed by atoms with Gasteiger partial charge in [0.1, 0.15) is 5.82 Å². The molecule has 0 saturated carbocycles. The fourth-order valence-corrected chi connectivity index (χ4v) is 3.39. The molecule has 1 aliphatic rings. The van der Waals surface area contributed by atoms with Crippen molar-refractivity contribution >= 4 is 17.6 Å². The van der Waals surface area contributed by atoms with Crippen molar-refractivity contribution in [2.45, 2.75) is 12.6 Å². The number of guanidine groups is 1. The van der Waals surface area contributed by atoms with Crippen LogP contribution in [-0.4, -0.2) is 50.8 Å². The molecule has 1 unspecified atom stereocenters. The highest BCUT2D eigenvalue weighted by molar-refractivity contribution is 6.30. The zero-order chi connectivity index (χ0) is 19.8. The van der Waals surface area contributed by atoms with Gasteiger partial charge in [-0.3, -0.25) is 9.89 Å². The third-order valence-electron chi connectivity index (χ3n) is 4.78. The topological polar surface area (TPSA) is 48.9 Å². The predicted octanol–water partition coefficient (Wildman–Crippen LogP) is 3.22. The molecule has 0 aromatic heterocycles. The number of aliphatic imine (C=N–C) groups is 1. The van der Waals surface area contributed by atoms with Gasteiger partial charge in [0.2, 0.25) is 0 Å². The number of nitrogens with zero attached hydrogens (tertiary/aromatic N) is 2. The van der Waals surface area contributed by atoms with Gasteiger partial charge in [0.05, 0.1) is 19.3 Å². The Labute approximate surface area is 170 Å². The predicted molar refractivity (Wildman–Crippen MR) is 111 cm³/mol. The fraction of sp³-hybridized carbons (Fsp3) is 0.381. The Morgan fingerprint density at radius 3 is 2.61 bits per heavy atom. The van der Waals surface area contributed by atoms with Gasteiger partial charge < -0.3 is 15.4 Å². The van der Waals surface area contributed by atoms with Gasteiger partial charge in [0.15, 0.2) is 5.96 Å².